The Kier molecular flexibility index (Phi) is 5.14. The molecule has 15 aromatic rings. The molecule has 0 aliphatic heterocycles. The SMILES string of the molecule is c1ccc(-c2c3c4cccc5c6c7oc8ccccc8c7ccc6n(c3c(-c3ccccc3)c3c2c2cccc6c7c8oc9ccccc9c8ccc7n3c26)c45)cc1. The molecule has 15 rings (SSSR count). The van der Waals surface area contributed by atoms with Crippen LogP contribution in [0.4, 0.5) is 0 Å². The van der Waals surface area contributed by atoms with Crippen molar-refractivity contribution in [1.29, 1.82) is 0 Å². The Hall–Kier alpha value is -7.82. The molecule has 0 amide bonds. The Labute approximate surface area is 328 Å². The summed E-state index contributed by atoms with van der Waals surface area (Å²) in [6.07, 6.45) is 0. The first-order valence-corrected chi connectivity index (χ1v) is 19.9. The third kappa shape index (κ3) is 3.30. The van der Waals surface area contributed by atoms with Gasteiger partial charge in [-0.05, 0) is 47.5 Å². The molecule has 4 heteroatoms. The molecule has 0 fully saturated rings. The van der Waals surface area contributed by atoms with Crippen LogP contribution in [-0.4, -0.2) is 8.80 Å². The van der Waals surface area contributed by atoms with Gasteiger partial charge in [0.2, 0.25) is 0 Å². The monoisotopic (exact) mass is 736 g/mol. The summed E-state index contributed by atoms with van der Waals surface area (Å²) in [6, 6.07) is 61.7. The maximum absolute atomic E-state index is 6.77. The predicted octanol–water partition coefficient (Wildman–Crippen LogP) is 15.1. The van der Waals surface area contributed by atoms with Crippen molar-refractivity contribution in [3.63, 3.8) is 0 Å². The van der Waals surface area contributed by atoms with Gasteiger partial charge in [0, 0.05) is 65.0 Å². The van der Waals surface area contributed by atoms with Crippen molar-refractivity contribution in [2.24, 2.45) is 0 Å². The quantitative estimate of drug-likeness (QED) is 0.177. The topological polar surface area (TPSA) is 35.1 Å². The highest BCUT2D eigenvalue weighted by atomic mass is 16.3. The van der Waals surface area contributed by atoms with Crippen LogP contribution in [0, 0.1) is 0 Å². The van der Waals surface area contributed by atoms with Crippen LogP contribution in [0.5, 0.6) is 0 Å². The lowest BCUT2D eigenvalue weighted by Gasteiger charge is -2.15. The molecule has 0 saturated carbocycles. The summed E-state index contributed by atoms with van der Waals surface area (Å²) < 4.78 is 18.7. The fourth-order valence-electron chi connectivity index (χ4n) is 11.0. The Balaban J connectivity index is 1.27. The van der Waals surface area contributed by atoms with E-state index in [0.717, 1.165) is 65.7 Å². The summed E-state index contributed by atoms with van der Waals surface area (Å²) in [5.41, 5.74) is 15.7. The second-order valence-electron chi connectivity index (χ2n) is 15.9. The third-order valence-electron chi connectivity index (χ3n) is 13.1. The number of aromatic nitrogens is 2. The zero-order valence-electron chi connectivity index (χ0n) is 30.9. The van der Waals surface area contributed by atoms with E-state index in [-0.39, 0.29) is 0 Å². The molecule has 58 heavy (non-hydrogen) atoms. The van der Waals surface area contributed by atoms with Gasteiger partial charge in [0.1, 0.15) is 22.3 Å². The van der Waals surface area contributed by atoms with Gasteiger partial charge in [0.25, 0.3) is 0 Å². The van der Waals surface area contributed by atoms with Gasteiger partial charge in [-0.1, -0.05) is 133 Å². The molecule has 0 spiro atoms. The van der Waals surface area contributed by atoms with Crippen molar-refractivity contribution in [2.45, 2.75) is 0 Å². The first-order valence-electron chi connectivity index (χ1n) is 19.9. The Morgan fingerprint density at radius 2 is 0.672 bits per heavy atom. The summed E-state index contributed by atoms with van der Waals surface area (Å²) in [4.78, 5) is 0. The number of furan rings is 2. The summed E-state index contributed by atoms with van der Waals surface area (Å²) in [7, 11) is 0. The van der Waals surface area contributed by atoms with Crippen molar-refractivity contribution in [2.75, 3.05) is 0 Å². The zero-order chi connectivity index (χ0) is 37.4. The molecule has 0 radical (unpaired) electrons. The average molecular weight is 737 g/mol. The van der Waals surface area contributed by atoms with Crippen molar-refractivity contribution >= 4 is 120 Å². The van der Waals surface area contributed by atoms with Crippen molar-refractivity contribution < 1.29 is 8.83 Å². The van der Waals surface area contributed by atoms with E-state index in [4.69, 9.17) is 8.83 Å². The van der Waals surface area contributed by atoms with E-state index in [1.807, 2.05) is 0 Å². The molecule has 4 nitrogen and oxygen atoms in total. The van der Waals surface area contributed by atoms with Crippen LogP contribution in [0.2, 0.25) is 0 Å². The van der Waals surface area contributed by atoms with Gasteiger partial charge in [0.15, 0.2) is 0 Å². The predicted molar refractivity (Wildman–Crippen MR) is 241 cm³/mol. The normalized spacial score (nSPS) is 12.8. The molecule has 0 aliphatic rings. The number of nitrogens with zero attached hydrogens (tertiary/aromatic N) is 2. The van der Waals surface area contributed by atoms with Gasteiger partial charge in [0.05, 0.1) is 43.9 Å². The summed E-state index contributed by atoms with van der Waals surface area (Å²) >= 11 is 0. The number of benzene rings is 9. The van der Waals surface area contributed by atoms with Gasteiger partial charge in [-0.3, -0.25) is 0 Å². The van der Waals surface area contributed by atoms with Crippen molar-refractivity contribution in [1.82, 2.24) is 8.80 Å². The molecular weight excluding hydrogens is 709 g/mol. The summed E-state index contributed by atoms with van der Waals surface area (Å²) in [6.45, 7) is 0. The van der Waals surface area contributed by atoms with Crippen LogP contribution in [0.3, 0.4) is 0 Å². The average Bonchev–Trinajstić information content (AvgIpc) is 4.12. The van der Waals surface area contributed by atoms with E-state index in [2.05, 4.69) is 179 Å². The Bertz CT molecular complexity index is 4000. The number of hydrogen-bond donors (Lipinski definition) is 0. The van der Waals surface area contributed by atoms with E-state index >= 15 is 0 Å². The highest BCUT2D eigenvalue weighted by molar-refractivity contribution is 6.40. The Morgan fingerprint density at radius 1 is 0.276 bits per heavy atom. The highest BCUT2D eigenvalue weighted by Crippen LogP contribution is 2.55. The van der Waals surface area contributed by atoms with Crippen LogP contribution < -0.4 is 0 Å². The number of fused-ring (bicyclic) bond motifs is 20. The van der Waals surface area contributed by atoms with E-state index in [0.29, 0.717) is 0 Å². The molecule has 0 aliphatic carbocycles. The molecule has 0 N–H and O–H groups in total. The molecule has 0 atom stereocenters. The van der Waals surface area contributed by atoms with Gasteiger partial charge in [-0.15, -0.1) is 0 Å². The second-order valence-corrected chi connectivity index (χ2v) is 15.9. The molecular formula is C54H28N2O2. The zero-order valence-corrected chi connectivity index (χ0v) is 30.9. The molecule has 266 valence electrons. The van der Waals surface area contributed by atoms with E-state index in [1.54, 1.807) is 0 Å². The number of hydrogen-bond acceptors (Lipinski definition) is 2. The van der Waals surface area contributed by atoms with E-state index < -0.39 is 0 Å². The second kappa shape index (κ2) is 10.1. The van der Waals surface area contributed by atoms with Gasteiger partial charge >= 0.3 is 0 Å². The lowest BCUT2D eigenvalue weighted by molar-refractivity contribution is 0.672. The fourth-order valence-corrected chi connectivity index (χ4v) is 11.0. The first kappa shape index (κ1) is 29.5. The molecule has 0 unspecified atom stereocenters. The van der Waals surface area contributed by atoms with Crippen LogP contribution in [0.25, 0.3) is 142 Å². The van der Waals surface area contributed by atoms with Crippen LogP contribution in [0.15, 0.2) is 179 Å². The molecule has 0 bridgehead atoms. The largest absolute Gasteiger partial charge is 0.455 e. The van der Waals surface area contributed by atoms with Gasteiger partial charge in [-0.25, -0.2) is 0 Å². The maximum atomic E-state index is 6.77. The van der Waals surface area contributed by atoms with Crippen molar-refractivity contribution in [3.05, 3.63) is 170 Å². The molecule has 9 aromatic carbocycles. The minimum atomic E-state index is 0.911. The van der Waals surface area contributed by atoms with E-state index in [9.17, 15) is 0 Å². The smallest absolute Gasteiger partial charge is 0.145 e. The summed E-state index contributed by atoms with van der Waals surface area (Å²) in [5, 5.41) is 14.3. The molecule has 6 heterocycles. The first-order chi connectivity index (χ1) is 28.8. The minimum Gasteiger partial charge on any atom is -0.455 e. The third-order valence-corrected chi connectivity index (χ3v) is 13.1. The summed E-state index contributed by atoms with van der Waals surface area (Å²) in [5.74, 6) is 0. The lowest BCUT2D eigenvalue weighted by Crippen LogP contribution is -1.93. The van der Waals surface area contributed by atoms with Crippen LogP contribution >= 0.6 is 0 Å². The number of rotatable bonds is 2. The van der Waals surface area contributed by atoms with Crippen LogP contribution in [0.1, 0.15) is 0 Å². The number of para-hydroxylation sites is 4. The maximum Gasteiger partial charge on any atom is 0.145 e. The van der Waals surface area contributed by atoms with Crippen LogP contribution in [-0.2, 0) is 0 Å². The van der Waals surface area contributed by atoms with Gasteiger partial charge in [-0.2, -0.15) is 0 Å². The minimum absolute atomic E-state index is 0.911. The molecule has 6 aromatic heterocycles. The van der Waals surface area contributed by atoms with E-state index in [1.165, 1.54) is 76.6 Å². The highest BCUT2D eigenvalue weighted by Gasteiger charge is 2.31. The Morgan fingerprint density at radius 3 is 1.16 bits per heavy atom. The standard InChI is InChI=1S/C54H28N2O2/c1-3-13-29(14-4-1)43-47-37-21-11-19-35-45-39(27-25-33-31-17-7-9-23-41(31)57-53(33)45)55(49(35)37)51(47)44(30-15-5-2-6-16-30)52-48(43)38-22-12-20-36-46-40(56(52)50(36)38)28-26-34-32-18-8-10-24-42(32)58-54(34)46/h1-28H. The lowest BCUT2D eigenvalue weighted by atomic mass is 9.89. The van der Waals surface area contributed by atoms with Crippen molar-refractivity contribution in [3.8, 4) is 22.3 Å². The van der Waals surface area contributed by atoms with Gasteiger partial charge < -0.3 is 17.6 Å². The molecule has 0 saturated heterocycles. The fraction of sp³-hybridized carbons (Fsp3) is 0.